The number of aliphatic hydroxyl groups excluding tert-OH is 1. The Bertz CT molecular complexity index is 788. The smallest absolute Gasteiger partial charge is 0.251 e. The Morgan fingerprint density at radius 2 is 2.26 bits per heavy atom. The van der Waals surface area contributed by atoms with Gasteiger partial charge in [-0.2, -0.15) is 0 Å². The van der Waals surface area contributed by atoms with Crippen LogP contribution in [0.25, 0.3) is 11.4 Å². The summed E-state index contributed by atoms with van der Waals surface area (Å²) >= 11 is 0. The van der Waals surface area contributed by atoms with Gasteiger partial charge in [-0.1, -0.05) is 31.5 Å². The highest BCUT2D eigenvalue weighted by Crippen LogP contribution is 2.19. The van der Waals surface area contributed by atoms with Crippen molar-refractivity contribution in [3.63, 3.8) is 0 Å². The zero-order chi connectivity index (χ0) is 19.1. The highest BCUT2D eigenvalue weighted by molar-refractivity contribution is 5.56. The predicted molar refractivity (Wildman–Crippen MR) is 106 cm³/mol. The lowest BCUT2D eigenvalue weighted by atomic mass is 10.1. The number of nitrogens with zero attached hydrogens (tertiary/aromatic N) is 2. The molecular weight excluding hydrogens is 342 g/mol. The number of rotatable bonds is 8. The molecule has 2 N–H and O–H groups in total. The van der Waals surface area contributed by atoms with Crippen LogP contribution >= 0.6 is 0 Å². The van der Waals surface area contributed by atoms with E-state index >= 15 is 0 Å². The first kappa shape index (κ1) is 19.7. The second-order valence-corrected chi connectivity index (χ2v) is 7.13. The van der Waals surface area contributed by atoms with E-state index < -0.39 is 0 Å². The summed E-state index contributed by atoms with van der Waals surface area (Å²) in [4.78, 5) is 21.9. The van der Waals surface area contributed by atoms with Gasteiger partial charge < -0.3 is 14.8 Å². The second-order valence-electron chi connectivity index (χ2n) is 7.13. The van der Waals surface area contributed by atoms with Crippen LogP contribution < -0.4 is 5.56 Å². The summed E-state index contributed by atoms with van der Waals surface area (Å²) in [6.07, 6.45) is 3.71. The molecule has 0 radical (unpaired) electrons. The van der Waals surface area contributed by atoms with Gasteiger partial charge >= 0.3 is 0 Å². The van der Waals surface area contributed by atoms with Gasteiger partial charge in [0.1, 0.15) is 5.82 Å². The Morgan fingerprint density at radius 3 is 3.07 bits per heavy atom. The lowest BCUT2D eigenvalue weighted by Crippen LogP contribution is -2.42. The van der Waals surface area contributed by atoms with Gasteiger partial charge in [-0.15, -0.1) is 0 Å². The Morgan fingerprint density at radius 1 is 1.37 bits per heavy atom. The van der Waals surface area contributed by atoms with E-state index in [2.05, 4.69) is 33.9 Å². The van der Waals surface area contributed by atoms with Gasteiger partial charge in [0.2, 0.25) is 0 Å². The fourth-order valence-electron chi connectivity index (χ4n) is 3.45. The zero-order valence-corrected chi connectivity index (χ0v) is 16.0. The number of aromatic nitrogens is 2. The molecule has 0 spiro atoms. The molecule has 0 amide bonds. The van der Waals surface area contributed by atoms with Crippen molar-refractivity contribution in [1.82, 2.24) is 14.9 Å². The molecule has 2 heterocycles. The number of unbranched alkanes of at least 4 members (excludes halogenated alkanes) is 1. The number of H-pyrrole nitrogens is 1. The van der Waals surface area contributed by atoms with E-state index in [1.807, 2.05) is 12.1 Å². The summed E-state index contributed by atoms with van der Waals surface area (Å²) in [5, 5.41) is 9.12. The molecule has 0 aliphatic carbocycles. The van der Waals surface area contributed by atoms with E-state index in [1.54, 1.807) is 6.07 Å². The first-order chi connectivity index (χ1) is 13.2. The number of benzene rings is 1. The summed E-state index contributed by atoms with van der Waals surface area (Å²) in [5.74, 6) is 0.635. The van der Waals surface area contributed by atoms with Crippen LogP contribution in [0.4, 0.5) is 0 Å². The molecule has 27 heavy (non-hydrogen) atoms. The van der Waals surface area contributed by atoms with Gasteiger partial charge in [0, 0.05) is 43.6 Å². The van der Waals surface area contributed by atoms with E-state index in [0.717, 1.165) is 50.2 Å². The van der Waals surface area contributed by atoms with Crippen LogP contribution in [0, 0.1) is 0 Å². The average Bonchev–Trinajstić information content (AvgIpc) is 2.67. The minimum absolute atomic E-state index is 0.0974. The quantitative estimate of drug-likeness (QED) is 0.745. The highest BCUT2D eigenvalue weighted by atomic mass is 16.5. The summed E-state index contributed by atoms with van der Waals surface area (Å²) in [5.41, 5.74) is 2.86. The van der Waals surface area contributed by atoms with Crippen LogP contribution in [0.1, 0.15) is 37.4 Å². The number of hydrogen-bond acceptors (Lipinski definition) is 5. The topological polar surface area (TPSA) is 78.5 Å². The molecule has 1 saturated heterocycles. The number of aromatic amines is 1. The van der Waals surface area contributed by atoms with Crippen molar-refractivity contribution < 1.29 is 9.84 Å². The van der Waals surface area contributed by atoms with Gasteiger partial charge in [-0.05, 0) is 30.9 Å². The van der Waals surface area contributed by atoms with Crippen LogP contribution in [-0.2, 0) is 17.7 Å². The summed E-state index contributed by atoms with van der Waals surface area (Å²) in [6, 6.07) is 9.78. The SMILES string of the molecule is CCCCc1cc(=O)[nH]c(-c2cccc(CN3CCOC(CCO)C3)c2)n1. The molecule has 1 aliphatic rings. The fraction of sp³-hybridized carbons (Fsp3) is 0.524. The standard InChI is InChI=1S/C21H29N3O3/c1-2-3-7-18-13-20(26)23-21(22-18)17-6-4-5-16(12-17)14-24-9-11-27-19(15-24)8-10-25/h4-6,12-13,19,25H,2-3,7-11,14-15H2,1H3,(H,22,23,26). The van der Waals surface area contributed by atoms with Crippen molar-refractivity contribution >= 4 is 0 Å². The molecule has 0 saturated carbocycles. The van der Waals surface area contributed by atoms with E-state index in [-0.39, 0.29) is 18.3 Å². The maximum Gasteiger partial charge on any atom is 0.251 e. The highest BCUT2D eigenvalue weighted by Gasteiger charge is 2.20. The molecule has 6 heteroatoms. The number of ether oxygens (including phenoxy) is 1. The van der Waals surface area contributed by atoms with Gasteiger partial charge in [0.15, 0.2) is 0 Å². The van der Waals surface area contributed by atoms with Crippen molar-refractivity contribution in [3.8, 4) is 11.4 Å². The molecule has 2 aromatic rings. The monoisotopic (exact) mass is 371 g/mol. The van der Waals surface area contributed by atoms with E-state index in [4.69, 9.17) is 9.84 Å². The Hall–Kier alpha value is -2.02. The number of nitrogens with one attached hydrogen (secondary N) is 1. The molecule has 1 fully saturated rings. The minimum atomic E-state index is -0.100. The molecule has 1 unspecified atom stereocenters. The summed E-state index contributed by atoms with van der Waals surface area (Å²) < 4.78 is 5.69. The molecule has 3 rings (SSSR count). The van der Waals surface area contributed by atoms with Gasteiger partial charge in [0.25, 0.3) is 5.56 Å². The van der Waals surface area contributed by atoms with Crippen molar-refractivity contribution in [2.45, 2.75) is 45.3 Å². The number of aliphatic hydroxyl groups is 1. The van der Waals surface area contributed by atoms with E-state index in [1.165, 1.54) is 5.56 Å². The van der Waals surface area contributed by atoms with Crippen molar-refractivity contribution in [2.75, 3.05) is 26.3 Å². The molecular formula is C21H29N3O3. The lowest BCUT2D eigenvalue weighted by Gasteiger charge is -2.32. The van der Waals surface area contributed by atoms with E-state index in [0.29, 0.717) is 18.9 Å². The second kappa shape index (κ2) is 9.78. The maximum atomic E-state index is 12.0. The minimum Gasteiger partial charge on any atom is -0.396 e. The normalized spacial score (nSPS) is 17.9. The van der Waals surface area contributed by atoms with E-state index in [9.17, 15) is 4.79 Å². The third-order valence-electron chi connectivity index (χ3n) is 4.86. The van der Waals surface area contributed by atoms with Crippen LogP contribution in [0.3, 0.4) is 0 Å². The molecule has 1 atom stereocenters. The molecule has 6 nitrogen and oxygen atoms in total. The first-order valence-electron chi connectivity index (χ1n) is 9.82. The van der Waals surface area contributed by atoms with Crippen LogP contribution in [0.2, 0.25) is 0 Å². The molecule has 1 aromatic heterocycles. The van der Waals surface area contributed by atoms with Crippen LogP contribution in [0.5, 0.6) is 0 Å². The largest absolute Gasteiger partial charge is 0.396 e. The maximum absolute atomic E-state index is 12.0. The van der Waals surface area contributed by atoms with Gasteiger partial charge in [0.05, 0.1) is 12.7 Å². The van der Waals surface area contributed by atoms with Crippen molar-refractivity contribution in [2.24, 2.45) is 0 Å². The Kier molecular flexibility index (Phi) is 7.15. The molecule has 1 aliphatic heterocycles. The van der Waals surface area contributed by atoms with Crippen LogP contribution in [-0.4, -0.2) is 52.4 Å². The summed E-state index contributed by atoms with van der Waals surface area (Å²) in [6.45, 7) is 5.51. The average molecular weight is 371 g/mol. The number of aryl methyl sites for hydroxylation is 1. The molecule has 1 aromatic carbocycles. The Labute approximate surface area is 160 Å². The van der Waals surface area contributed by atoms with Gasteiger partial charge in [-0.25, -0.2) is 4.98 Å². The Balaban J connectivity index is 1.74. The summed E-state index contributed by atoms with van der Waals surface area (Å²) in [7, 11) is 0. The van der Waals surface area contributed by atoms with Crippen LogP contribution in [0.15, 0.2) is 35.1 Å². The third kappa shape index (κ3) is 5.73. The lowest BCUT2D eigenvalue weighted by molar-refractivity contribution is -0.0407. The number of morpholine rings is 1. The number of hydrogen-bond donors (Lipinski definition) is 2. The fourth-order valence-corrected chi connectivity index (χ4v) is 3.45. The van der Waals surface area contributed by atoms with Crippen molar-refractivity contribution in [1.29, 1.82) is 0 Å². The molecule has 146 valence electrons. The van der Waals surface area contributed by atoms with Crippen molar-refractivity contribution in [3.05, 3.63) is 51.9 Å². The molecule has 0 bridgehead atoms. The zero-order valence-electron chi connectivity index (χ0n) is 16.0. The predicted octanol–water partition coefficient (Wildman–Crippen LogP) is 2.36. The van der Waals surface area contributed by atoms with Gasteiger partial charge in [-0.3, -0.25) is 9.69 Å². The third-order valence-corrected chi connectivity index (χ3v) is 4.86. The first-order valence-corrected chi connectivity index (χ1v) is 9.82.